The number of thioether (sulfide) groups is 1. The molecule has 3 heteroatoms. The van der Waals surface area contributed by atoms with Gasteiger partial charge in [0.05, 0.1) is 0 Å². The molecule has 0 aromatic heterocycles. The van der Waals surface area contributed by atoms with Crippen LogP contribution in [0.25, 0.3) is 0 Å². The van der Waals surface area contributed by atoms with E-state index in [0.29, 0.717) is 4.75 Å². The van der Waals surface area contributed by atoms with Crippen molar-refractivity contribution in [2.75, 3.05) is 23.3 Å². The van der Waals surface area contributed by atoms with Gasteiger partial charge in [0.2, 0.25) is 0 Å². The Kier molecular flexibility index (Phi) is 3.33. The first-order chi connectivity index (χ1) is 7.61. The van der Waals surface area contributed by atoms with Crippen LogP contribution in [0, 0.1) is 6.92 Å². The third-order valence-corrected chi connectivity index (χ3v) is 4.87. The zero-order chi connectivity index (χ0) is 11.6. The number of anilines is 2. The van der Waals surface area contributed by atoms with Gasteiger partial charge in [-0.05, 0) is 50.1 Å². The zero-order valence-electron chi connectivity index (χ0n) is 10.0. The number of hydrogen-bond donors (Lipinski definition) is 2. The summed E-state index contributed by atoms with van der Waals surface area (Å²) >= 11 is 2.08. The van der Waals surface area contributed by atoms with Gasteiger partial charge in [0, 0.05) is 22.7 Å². The second-order valence-electron chi connectivity index (χ2n) is 4.78. The number of rotatable bonds is 3. The van der Waals surface area contributed by atoms with Crippen LogP contribution >= 0.6 is 11.8 Å². The van der Waals surface area contributed by atoms with Gasteiger partial charge in [-0.15, -0.1) is 0 Å². The van der Waals surface area contributed by atoms with Crippen molar-refractivity contribution in [1.82, 2.24) is 0 Å². The third-order valence-electron chi connectivity index (χ3n) is 3.33. The number of benzene rings is 1. The molecule has 2 rings (SSSR count). The topological polar surface area (TPSA) is 38.0 Å². The Morgan fingerprint density at radius 3 is 3.00 bits per heavy atom. The lowest BCUT2D eigenvalue weighted by Gasteiger charge is -2.24. The van der Waals surface area contributed by atoms with Crippen molar-refractivity contribution in [2.45, 2.75) is 31.4 Å². The fraction of sp³-hybridized carbons (Fsp3) is 0.538. The van der Waals surface area contributed by atoms with E-state index >= 15 is 0 Å². The lowest BCUT2D eigenvalue weighted by atomic mass is 10.1. The summed E-state index contributed by atoms with van der Waals surface area (Å²) in [5.74, 6) is 1.30. The van der Waals surface area contributed by atoms with Gasteiger partial charge in [-0.2, -0.15) is 11.8 Å². The predicted molar refractivity (Wildman–Crippen MR) is 74.2 cm³/mol. The van der Waals surface area contributed by atoms with Crippen LogP contribution in [0.1, 0.15) is 25.3 Å². The maximum Gasteiger partial charge on any atom is 0.0391 e. The minimum absolute atomic E-state index is 0.400. The first-order valence-electron chi connectivity index (χ1n) is 5.84. The first-order valence-corrected chi connectivity index (χ1v) is 6.82. The van der Waals surface area contributed by atoms with Gasteiger partial charge in [0.25, 0.3) is 0 Å². The Bertz CT molecular complexity index is 370. The van der Waals surface area contributed by atoms with Crippen LogP contribution < -0.4 is 11.1 Å². The van der Waals surface area contributed by atoms with E-state index in [1.165, 1.54) is 24.3 Å². The molecular weight excluding hydrogens is 216 g/mol. The number of hydrogen-bond acceptors (Lipinski definition) is 3. The van der Waals surface area contributed by atoms with Gasteiger partial charge in [0.15, 0.2) is 0 Å². The highest BCUT2D eigenvalue weighted by Crippen LogP contribution is 2.38. The standard InChI is InChI=1S/C13H20N2S/c1-10-11(14)5-3-6-12(10)15-9-13(2)7-4-8-16-13/h3,5-6,15H,4,7-9,14H2,1-2H3. The summed E-state index contributed by atoms with van der Waals surface area (Å²) in [5.41, 5.74) is 9.10. The highest BCUT2D eigenvalue weighted by Gasteiger charge is 2.29. The smallest absolute Gasteiger partial charge is 0.0391 e. The zero-order valence-corrected chi connectivity index (χ0v) is 10.9. The molecule has 1 aliphatic rings. The summed E-state index contributed by atoms with van der Waals surface area (Å²) in [6.45, 7) is 5.45. The summed E-state index contributed by atoms with van der Waals surface area (Å²) in [7, 11) is 0. The van der Waals surface area contributed by atoms with Crippen molar-refractivity contribution in [3.8, 4) is 0 Å². The molecule has 2 nitrogen and oxygen atoms in total. The van der Waals surface area contributed by atoms with E-state index in [1.807, 2.05) is 12.1 Å². The summed E-state index contributed by atoms with van der Waals surface area (Å²) in [5, 5.41) is 3.54. The van der Waals surface area contributed by atoms with E-state index in [1.54, 1.807) is 0 Å². The van der Waals surface area contributed by atoms with Crippen LogP contribution in [0.15, 0.2) is 18.2 Å². The fourth-order valence-corrected chi connectivity index (χ4v) is 3.35. The fourth-order valence-electron chi connectivity index (χ4n) is 2.10. The van der Waals surface area contributed by atoms with E-state index in [4.69, 9.17) is 5.73 Å². The molecule has 1 aromatic rings. The molecule has 1 aromatic carbocycles. The minimum atomic E-state index is 0.400. The Labute approximate surface area is 102 Å². The van der Waals surface area contributed by atoms with Crippen LogP contribution in [0.5, 0.6) is 0 Å². The molecule has 1 saturated heterocycles. The van der Waals surface area contributed by atoms with Gasteiger partial charge in [0.1, 0.15) is 0 Å². The molecule has 0 radical (unpaired) electrons. The maximum absolute atomic E-state index is 5.89. The number of nitrogen functional groups attached to an aromatic ring is 1. The molecule has 1 unspecified atom stereocenters. The van der Waals surface area contributed by atoms with E-state index in [9.17, 15) is 0 Å². The Balaban J connectivity index is 2.02. The van der Waals surface area contributed by atoms with E-state index in [0.717, 1.165) is 17.8 Å². The average Bonchev–Trinajstić information content (AvgIpc) is 2.68. The molecule has 1 aliphatic heterocycles. The second kappa shape index (κ2) is 4.58. The normalized spacial score (nSPS) is 24.6. The number of nitrogens with two attached hydrogens (primary N) is 1. The molecule has 0 aliphatic carbocycles. The monoisotopic (exact) mass is 236 g/mol. The molecule has 1 fully saturated rings. The molecule has 1 heterocycles. The molecule has 0 saturated carbocycles. The van der Waals surface area contributed by atoms with Crippen LogP contribution in [0.4, 0.5) is 11.4 Å². The van der Waals surface area contributed by atoms with Crippen molar-refractivity contribution < 1.29 is 0 Å². The Hall–Kier alpha value is -0.830. The van der Waals surface area contributed by atoms with Gasteiger partial charge >= 0.3 is 0 Å². The number of nitrogens with one attached hydrogen (secondary N) is 1. The van der Waals surface area contributed by atoms with Crippen molar-refractivity contribution in [3.05, 3.63) is 23.8 Å². The van der Waals surface area contributed by atoms with Gasteiger partial charge < -0.3 is 11.1 Å². The third kappa shape index (κ3) is 2.46. The van der Waals surface area contributed by atoms with E-state index in [-0.39, 0.29) is 0 Å². The van der Waals surface area contributed by atoms with Crippen LogP contribution in [0.2, 0.25) is 0 Å². The van der Waals surface area contributed by atoms with Crippen LogP contribution in [0.3, 0.4) is 0 Å². The summed E-state index contributed by atoms with van der Waals surface area (Å²) in [4.78, 5) is 0. The lowest BCUT2D eigenvalue weighted by molar-refractivity contribution is 0.634. The molecule has 0 spiro atoms. The highest BCUT2D eigenvalue weighted by atomic mass is 32.2. The second-order valence-corrected chi connectivity index (χ2v) is 6.46. The molecule has 88 valence electrons. The molecule has 1 atom stereocenters. The first kappa shape index (κ1) is 11.6. The van der Waals surface area contributed by atoms with E-state index in [2.05, 4.69) is 37.0 Å². The maximum atomic E-state index is 5.89. The van der Waals surface area contributed by atoms with Crippen molar-refractivity contribution >= 4 is 23.1 Å². The molecule has 3 N–H and O–H groups in total. The lowest BCUT2D eigenvalue weighted by Crippen LogP contribution is -2.27. The molecule has 16 heavy (non-hydrogen) atoms. The highest BCUT2D eigenvalue weighted by molar-refractivity contribution is 8.00. The molecule has 0 bridgehead atoms. The minimum Gasteiger partial charge on any atom is -0.398 e. The molecular formula is C13H20N2S. The van der Waals surface area contributed by atoms with Gasteiger partial charge in [-0.3, -0.25) is 0 Å². The average molecular weight is 236 g/mol. The Morgan fingerprint density at radius 2 is 2.31 bits per heavy atom. The van der Waals surface area contributed by atoms with Gasteiger partial charge in [-0.25, -0.2) is 0 Å². The quantitative estimate of drug-likeness (QED) is 0.791. The largest absolute Gasteiger partial charge is 0.398 e. The SMILES string of the molecule is Cc1c(N)cccc1NCC1(C)CCCS1. The van der Waals surface area contributed by atoms with Crippen molar-refractivity contribution in [3.63, 3.8) is 0 Å². The van der Waals surface area contributed by atoms with Gasteiger partial charge in [-0.1, -0.05) is 6.07 Å². The Morgan fingerprint density at radius 1 is 1.50 bits per heavy atom. The van der Waals surface area contributed by atoms with Crippen LogP contribution in [-0.4, -0.2) is 17.0 Å². The predicted octanol–water partition coefficient (Wildman–Crippen LogP) is 3.27. The summed E-state index contributed by atoms with van der Waals surface area (Å²) in [6, 6.07) is 6.07. The van der Waals surface area contributed by atoms with Crippen LogP contribution in [-0.2, 0) is 0 Å². The van der Waals surface area contributed by atoms with Crippen molar-refractivity contribution in [2.24, 2.45) is 0 Å². The summed E-state index contributed by atoms with van der Waals surface area (Å²) < 4.78 is 0.400. The van der Waals surface area contributed by atoms with Crippen molar-refractivity contribution in [1.29, 1.82) is 0 Å². The summed E-state index contributed by atoms with van der Waals surface area (Å²) in [6.07, 6.45) is 2.66. The van der Waals surface area contributed by atoms with E-state index < -0.39 is 0 Å². The molecule has 0 amide bonds.